The van der Waals surface area contributed by atoms with Gasteiger partial charge in [0.2, 0.25) is 17.2 Å². The van der Waals surface area contributed by atoms with Crippen LogP contribution in [-0.2, 0) is 11.3 Å². The van der Waals surface area contributed by atoms with Gasteiger partial charge in [0.05, 0.1) is 32.6 Å². The molecule has 0 saturated carbocycles. The number of carbonyl (C=O) groups excluding carboxylic acids is 2. The van der Waals surface area contributed by atoms with Crippen molar-refractivity contribution < 1.29 is 24.2 Å². The molecule has 10 heteroatoms. The van der Waals surface area contributed by atoms with Crippen molar-refractivity contribution >= 4 is 17.3 Å². The molecule has 2 aromatic carbocycles. The molecule has 39 heavy (non-hydrogen) atoms. The minimum absolute atomic E-state index is 0.0530. The highest BCUT2D eigenvalue weighted by atomic mass is 16.6. The smallest absolute Gasteiger partial charge is 0.252 e. The third-order valence-electron chi connectivity index (χ3n) is 8.15. The number of allylic oxidation sites excluding steroid dienone is 2. The summed E-state index contributed by atoms with van der Waals surface area (Å²) in [5.74, 6) is 0.350. The van der Waals surface area contributed by atoms with Crippen LogP contribution in [0.4, 0.5) is 5.69 Å². The summed E-state index contributed by atoms with van der Waals surface area (Å²) >= 11 is 0. The number of Topliss-reactive ketones (excluding diaryl/α,β-unsaturated/α-hetero) is 2. The molecule has 1 unspecified atom stereocenters. The Kier molecular flexibility index (Phi) is 7.37. The van der Waals surface area contributed by atoms with Gasteiger partial charge in [-0.1, -0.05) is 30.3 Å². The standard InChI is InChI=1S/C29H35N5O5/c1-38-25-19-21(20-31-15-17-39-18-16-31)7-8-24(25)32-13-11-30(12-14-32)9-4-10-33-26-27(34(33)37)29(36)23-6-3-2-5-22(23)28(26)35/h2-3,5-8,19,34H,4,9-18,20H2,1H3. The monoisotopic (exact) mass is 533 g/mol. The first-order valence-corrected chi connectivity index (χ1v) is 13.7. The molecule has 2 fully saturated rings. The first kappa shape index (κ1) is 26.0. The van der Waals surface area contributed by atoms with Crippen LogP contribution in [0.3, 0.4) is 0 Å². The zero-order valence-electron chi connectivity index (χ0n) is 22.4. The average Bonchev–Trinajstić information content (AvgIpc) is 2.98. The van der Waals surface area contributed by atoms with Crippen LogP contribution in [0.25, 0.3) is 0 Å². The summed E-state index contributed by atoms with van der Waals surface area (Å²) in [5, 5.41) is 13.9. The Morgan fingerprint density at radius 1 is 0.897 bits per heavy atom. The molecule has 0 spiro atoms. The fourth-order valence-corrected chi connectivity index (χ4v) is 5.98. The van der Waals surface area contributed by atoms with Crippen molar-refractivity contribution in [1.82, 2.24) is 14.8 Å². The van der Waals surface area contributed by atoms with E-state index in [4.69, 9.17) is 9.47 Å². The molecule has 3 heterocycles. The number of fused-ring (bicyclic) bond motifs is 1. The van der Waals surface area contributed by atoms with Crippen molar-refractivity contribution in [2.45, 2.75) is 13.0 Å². The van der Waals surface area contributed by atoms with E-state index in [2.05, 4.69) is 32.9 Å². The number of quaternary nitrogens is 1. The van der Waals surface area contributed by atoms with Gasteiger partial charge in [0.25, 0.3) is 5.78 Å². The van der Waals surface area contributed by atoms with Crippen LogP contribution in [0, 0.1) is 5.21 Å². The number of methoxy groups -OCH3 is 1. The van der Waals surface area contributed by atoms with Crippen molar-refractivity contribution in [3.05, 3.63) is 75.8 Å². The summed E-state index contributed by atoms with van der Waals surface area (Å²) < 4.78 is 11.2. The molecule has 1 N–H and O–H groups in total. The lowest BCUT2D eigenvalue weighted by molar-refractivity contribution is -0.951. The molecule has 4 aliphatic rings. The van der Waals surface area contributed by atoms with E-state index in [0.717, 1.165) is 83.4 Å². The molecular weight excluding hydrogens is 498 g/mol. The fourth-order valence-electron chi connectivity index (χ4n) is 5.98. The number of ketones is 2. The second-order valence-corrected chi connectivity index (χ2v) is 10.5. The van der Waals surface area contributed by atoms with E-state index in [0.29, 0.717) is 17.7 Å². The number of piperazine rings is 1. The zero-order chi connectivity index (χ0) is 26.9. The van der Waals surface area contributed by atoms with E-state index in [-0.39, 0.29) is 28.1 Å². The molecule has 2 saturated heterocycles. The second kappa shape index (κ2) is 11.1. The molecule has 0 amide bonds. The molecule has 2 aromatic rings. The molecular formula is C29H35N5O5. The van der Waals surface area contributed by atoms with Crippen LogP contribution >= 0.6 is 0 Å². The Bertz CT molecular complexity index is 1280. The summed E-state index contributed by atoms with van der Waals surface area (Å²) in [4.78, 5) is 32.8. The number of anilines is 1. The highest BCUT2D eigenvalue weighted by Crippen LogP contribution is 2.31. The SMILES string of the molecule is COc1cc(CN2CCOCC2)ccc1N1CCN(CCCN2C3=C(C(=O)c4ccccc4C3=O)[NH+]2[O-])CC1. The Morgan fingerprint density at radius 2 is 1.62 bits per heavy atom. The second-order valence-electron chi connectivity index (χ2n) is 10.5. The van der Waals surface area contributed by atoms with Crippen LogP contribution in [0.1, 0.15) is 32.7 Å². The predicted octanol–water partition coefficient (Wildman–Crippen LogP) is 0.944. The van der Waals surface area contributed by atoms with Gasteiger partial charge >= 0.3 is 0 Å². The van der Waals surface area contributed by atoms with E-state index >= 15 is 0 Å². The minimum Gasteiger partial charge on any atom is -0.602 e. The molecule has 6 rings (SSSR count). The zero-order valence-corrected chi connectivity index (χ0v) is 22.4. The summed E-state index contributed by atoms with van der Waals surface area (Å²) in [6.07, 6.45) is 0.741. The Labute approximate surface area is 228 Å². The molecule has 206 valence electrons. The normalized spacial score (nSPS) is 22.1. The Hall–Kier alpha value is -3.28. The van der Waals surface area contributed by atoms with Crippen molar-refractivity contribution in [1.29, 1.82) is 0 Å². The van der Waals surface area contributed by atoms with Gasteiger partial charge in [-0.2, -0.15) is 0 Å². The summed E-state index contributed by atoms with van der Waals surface area (Å²) in [6, 6.07) is 13.3. The molecule has 0 radical (unpaired) electrons. The van der Waals surface area contributed by atoms with Crippen molar-refractivity contribution in [3.63, 3.8) is 0 Å². The van der Waals surface area contributed by atoms with Crippen molar-refractivity contribution in [2.75, 3.05) is 77.6 Å². The first-order chi connectivity index (χ1) is 19.0. The van der Waals surface area contributed by atoms with Crippen LogP contribution in [0.2, 0.25) is 0 Å². The maximum absolute atomic E-state index is 13.0. The van der Waals surface area contributed by atoms with E-state index in [1.165, 1.54) is 10.6 Å². The van der Waals surface area contributed by atoms with Crippen LogP contribution in [0.5, 0.6) is 5.75 Å². The third-order valence-corrected chi connectivity index (χ3v) is 8.15. The topological polar surface area (TPSA) is 93.1 Å². The number of hydroxylamine groups is 1. The van der Waals surface area contributed by atoms with Crippen LogP contribution in [0.15, 0.2) is 53.9 Å². The number of nitrogens with zero attached hydrogens (tertiary/aromatic N) is 4. The molecule has 10 nitrogen and oxygen atoms in total. The van der Waals surface area contributed by atoms with Gasteiger partial charge in [0.15, 0.2) is 0 Å². The van der Waals surface area contributed by atoms with Gasteiger partial charge in [-0.05, 0) is 24.1 Å². The van der Waals surface area contributed by atoms with Crippen molar-refractivity contribution in [2.24, 2.45) is 0 Å². The molecule has 1 atom stereocenters. The van der Waals surface area contributed by atoms with Crippen molar-refractivity contribution in [3.8, 4) is 5.75 Å². The number of carbonyl (C=O) groups is 2. The minimum atomic E-state index is -0.331. The van der Waals surface area contributed by atoms with Crippen LogP contribution in [-0.4, -0.2) is 99.1 Å². The van der Waals surface area contributed by atoms with Gasteiger partial charge in [-0.3, -0.25) is 19.4 Å². The highest BCUT2D eigenvalue weighted by Gasteiger charge is 2.49. The third kappa shape index (κ3) is 4.94. The first-order valence-electron chi connectivity index (χ1n) is 13.7. The number of ether oxygens (including phenoxy) is 2. The Balaban J connectivity index is 1.00. The average molecular weight is 534 g/mol. The Morgan fingerprint density at radius 3 is 2.33 bits per heavy atom. The number of rotatable bonds is 8. The molecule has 0 bridgehead atoms. The number of morpholine rings is 1. The van der Waals surface area contributed by atoms with E-state index in [1.807, 2.05) is 0 Å². The number of hydrogen-bond donors (Lipinski definition) is 1. The van der Waals surface area contributed by atoms with Gasteiger partial charge < -0.3 is 19.6 Å². The predicted molar refractivity (Wildman–Crippen MR) is 146 cm³/mol. The summed E-state index contributed by atoms with van der Waals surface area (Å²) in [6.45, 7) is 9.26. The molecule has 0 aromatic heterocycles. The van der Waals surface area contributed by atoms with Gasteiger partial charge in [0, 0.05) is 63.5 Å². The van der Waals surface area contributed by atoms with Gasteiger partial charge in [-0.15, -0.1) is 0 Å². The molecule has 3 aliphatic heterocycles. The lowest BCUT2D eigenvalue weighted by Crippen LogP contribution is -3.18. The quantitative estimate of drug-likeness (QED) is 0.498. The summed E-state index contributed by atoms with van der Waals surface area (Å²) in [7, 11) is 1.73. The van der Waals surface area contributed by atoms with Crippen LogP contribution < -0.4 is 14.8 Å². The maximum atomic E-state index is 13.0. The van der Waals surface area contributed by atoms with Gasteiger partial charge in [0.1, 0.15) is 5.75 Å². The highest BCUT2D eigenvalue weighted by molar-refractivity contribution is 6.26. The fraction of sp³-hybridized carbons (Fsp3) is 0.448. The van der Waals surface area contributed by atoms with E-state index < -0.39 is 0 Å². The van der Waals surface area contributed by atoms with Gasteiger partial charge in [-0.25, -0.2) is 10.2 Å². The molecule has 1 aliphatic carbocycles. The van der Waals surface area contributed by atoms with E-state index in [9.17, 15) is 14.8 Å². The summed E-state index contributed by atoms with van der Waals surface area (Å²) in [5.41, 5.74) is 3.41. The lowest BCUT2D eigenvalue weighted by atomic mass is 9.88. The van der Waals surface area contributed by atoms with E-state index in [1.54, 1.807) is 31.4 Å². The lowest BCUT2D eigenvalue weighted by Gasteiger charge is -2.46. The maximum Gasteiger partial charge on any atom is 0.252 e. The number of benzene rings is 2. The number of nitrogens with one attached hydrogen (secondary N) is 1. The largest absolute Gasteiger partial charge is 0.602 e. The number of hydrogen-bond acceptors (Lipinski definition) is 9.